The molecule has 0 amide bonds. The Labute approximate surface area is 142 Å². The molecule has 1 N–H and O–H groups in total. The Bertz CT molecular complexity index is 760. The van der Waals surface area contributed by atoms with Gasteiger partial charge in [-0.3, -0.25) is 0 Å². The van der Waals surface area contributed by atoms with Gasteiger partial charge in [0.15, 0.2) is 0 Å². The molecule has 0 saturated carbocycles. The van der Waals surface area contributed by atoms with Gasteiger partial charge in [0.25, 0.3) is 0 Å². The molecule has 7 heteroatoms. The molecule has 0 radical (unpaired) electrons. The summed E-state index contributed by atoms with van der Waals surface area (Å²) in [7, 11) is 0. The van der Waals surface area contributed by atoms with Gasteiger partial charge in [-0.15, -0.1) is 10.2 Å². The summed E-state index contributed by atoms with van der Waals surface area (Å²) in [6, 6.07) is 8.02. The van der Waals surface area contributed by atoms with Crippen molar-refractivity contribution in [2.75, 3.05) is 5.32 Å². The highest BCUT2D eigenvalue weighted by Gasteiger charge is 2.35. The minimum atomic E-state index is -4.47. The van der Waals surface area contributed by atoms with Gasteiger partial charge in [0.1, 0.15) is 0 Å². The largest absolute Gasteiger partial charge is 0.445 e. The van der Waals surface area contributed by atoms with Crippen molar-refractivity contribution in [1.82, 2.24) is 10.2 Å². The summed E-state index contributed by atoms with van der Waals surface area (Å²) in [6.07, 6.45) is -1.21. The van der Waals surface area contributed by atoms with Crippen LogP contribution in [0.25, 0.3) is 0 Å². The van der Waals surface area contributed by atoms with E-state index in [1.807, 2.05) is 31.2 Å². The highest BCUT2D eigenvalue weighted by atomic mass is 32.1. The van der Waals surface area contributed by atoms with E-state index in [4.69, 9.17) is 0 Å². The predicted octanol–water partition coefficient (Wildman–Crippen LogP) is 5.32. The van der Waals surface area contributed by atoms with E-state index in [1.165, 1.54) is 6.20 Å². The molecule has 0 atom stereocenters. The summed E-state index contributed by atoms with van der Waals surface area (Å²) < 4.78 is 37.4. The number of nitrogens with zero attached hydrogens (tertiary/aromatic N) is 2. The zero-order chi connectivity index (χ0) is 18.0. The number of nitrogens with one attached hydrogen (secondary N) is 1. The fourth-order valence-corrected chi connectivity index (χ4v) is 2.85. The number of allylic oxidation sites excluding steroid dienone is 2. The van der Waals surface area contributed by atoms with Gasteiger partial charge in [-0.05, 0) is 29.7 Å². The van der Waals surface area contributed by atoms with E-state index in [0.29, 0.717) is 11.3 Å². The summed E-state index contributed by atoms with van der Waals surface area (Å²) in [5.74, 6) is 0. The van der Waals surface area contributed by atoms with Gasteiger partial charge in [-0.2, -0.15) is 13.2 Å². The minimum Gasteiger partial charge on any atom is -0.337 e. The molecule has 0 bridgehead atoms. The highest BCUT2D eigenvalue weighted by Crippen LogP contribution is 2.34. The van der Waals surface area contributed by atoms with Crippen LogP contribution in [0, 0.1) is 6.92 Å². The van der Waals surface area contributed by atoms with E-state index in [2.05, 4.69) is 35.9 Å². The zero-order valence-corrected chi connectivity index (χ0v) is 14.4. The van der Waals surface area contributed by atoms with Crippen molar-refractivity contribution in [3.63, 3.8) is 0 Å². The van der Waals surface area contributed by atoms with Crippen LogP contribution in [0.3, 0.4) is 0 Å². The van der Waals surface area contributed by atoms with Gasteiger partial charge < -0.3 is 5.32 Å². The maximum absolute atomic E-state index is 12.5. The molecule has 0 aliphatic carbocycles. The number of benzene rings is 1. The van der Waals surface area contributed by atoms with Crippen LogP contribution in [0.15, 0.2) is 48.7 Å². The third-order valence-electron chi connectivity index (χ3n) is 3.78. The van der Waals surface area contributed by atoms with Crippen LogP contribution in [-0.2, 0) is 11.6 Å². The smallest absolute Gasteiger partial charge is 0.337 e. The van der Waals surface area contributed by atoms with Crippen molar-refractivity contribution in [1.29, 1.82) is 0 Å². The molecule has 0 spiro atoms. The van der Waals surface area contributed by atoms with Crippen LogP contribution >= 0.6 is 11.3 Å². The lowest BCUT2D eigenvalue weighted by atomic mass is 9.76. The number of halogens is 3. The van der Waals surface area contributed by atoms with Crippen molar-refractivity contribution in [2.24, 2.45) is 0 Å². The fraction of sp³-hybridized carbons (Fsp3) is 0.294. The van der Waals surface area contributed by atoms with Crippen LogP contribution in [0.5, 0.6) is 0 Å². The maximum Gasteiger partial charge on any atom is 0.445 e. The Kier molecular flexibility index (Phi) is 5.13. The topological polar surface area (TPSA) is 37.8 Å². The molecule has 1 heterocycles. The normalized spacial score (nSPS) is 12.6. The monoisotopic (exact) mass is 353 g/mol. The number of hydrogen-bond acceptors (Lipinski definition) is 4. The molecule has 1 aromatic carbocycles. The molecule has 2 aromatic rings. The van der Waals surface area contributed by atoms with Gasteiger partial charge >= 0.3 is 6.18 Å². The summed E-state index contributed by atoms with van der Waals surface area (Å²) in [5, 5.41) is 8.41. The molecule has 0 saturated heterocycles. The maximum atomic E-state index is 12.5. The molecule has 24 heavy (non-hydrogen) atoms. The lowest BCUT2D eigenvalue weighted by Crippen LogP contribution is -2.20. The zero-order valence-electron chi connectivity index (χ0n) is 13.6. The lowest BCUT2D eigenvalue weighted by Gasteiger charge is -2.28. The second-order valence-corrected chi connectivity index (χ2v) is 6.83. The van der Waals surface area contributed by atoms with E-state index >= 15 is 0 Å². The van der Waals surface area contributed by atoms with Gasteiger partial charge in [0, 0.05) is 11.6 Å². The van der Waals surface area contributed by atoms with E-state index in [9.17, 15) is 13.2 Å². The summed E-state index contributed by atoms with van der Waals surface area (Å²) >= 11 is 0.459. The first-order valence-corrected chi connectivity index (χ1v) is 8.03. The van der Waals surface area contributed by atoms with Crippen LogP contribution in [0.4, 0.5) is 18.3 Å². The van der Waals surface area contributed by atoms with Gasteiger partial charge in [0.2, 0.25) is 10.1 Å². The molecular weight excluding hydrogens is 335 g/mol. The Balaban J connectivity index is 2.07. The van der Waals surface area contributed by atoms with E-state index in [-0.39, 0.29) is 10.5 Å². The molecule has 3 nitrogen and oxygen atoms in total. The molecule has 1 aromatic heterocycles. The number of rotatable bonds is 5. The number of hydrogen-bond donors (Lipinski definition) is 1. The summed E-state index contributed by atoms with van der Waals surface area (Å²) in [6.45, 7) is 10.2. The number of aryl methyl sites for hydroxylation is 1. The highest BCUT2D eigenvalue weighted by molar-refractivity contribution is 7.15. The number of aromatic nitrogens is 2. The third-order valence-corrected chi connectivity index (χ3v) is 4.68. The van der Waals surface area contributed by atoms with E-state index in [1.54, 1.807) is 6.08 Å². The van der Waals surface area contributed by atoms with Crippen LogP contribution in [0.2, 0.25) is 0 Å². The number of anilines is 1. The van der Waals surface area contributed by atoms with Gasteiger partial charge in [-0.25, -0.2) is 0 Å². The van der Waals surface area contributed by atoms with Crippen molar-refractivity contribution in [2.45, 2.75) is 32.4 Å². The second-order valence-electron chi connectivity index (χ2n) is 5.85. The standard InChI is InChI=1S/C17H18F3N3S/c1-11-7-5-6-8-13(11)16(3,4)12(2)9-10-21-15-23-22-14(24-15)17(18,19)20/h5-10H,2H2,1,3-4H3,(H,21,23). The Hall–Kier alpha value is -2.15. The molecule has 128 valence electrons. The Morgan fingerprint density at radius 1 is 1.21 bits per heavy atom. The molecule has 2 rings (SSSR count). The predicted molar refractivity (Wildman–Crippen MR) is 91.0 cm³/mol. The SMILES string of the molecule is C=C(C=CNc1nnc(C(F)(F)F)s1)C(C)(C)c1ccccc1C. The molecule has 0 aliphatic heterocycles. The van der Waals surface area contributed by atoms with Crippen LogP contribution < -0.4 is 5.32 Å². The Morgan fingerprint density at radius 3 is 2.46 bits per heavy atom. The van der Waals surface area contributed by atoms with Gasteiger partial charge in [-0.1, -0.05) is 56.0 Å². The second kappa shape index (κ2) is 6.76. The third kappa shape index (κ3) is 4.03. The average molecular weight is 353 g/mol. The quantitative estimate of drug-likeness (QED) is 0.739. The van der Waals surface area contributed by atoms with Crippen molar-refractivity contribution >= 4 is 16.5 Å². The van der Waals surface area contributed by atoms with Crippen LogP contribution in [-0.4, -0.2) is 10.2 Å². The first-order chi connectivity index (χ1) is 11.1. The number of alkyl halides is 3. The lowest BCUT2D eigenvalue weighted by molar-refractivity contribution is -0.138. The fourth-order valence-electron chi connectivity index (χ4n) is 2.27. The van der Waals surface area contributed by atoms with Gasteiger partial charge in [0.05, 0.1) is 0 Å². The molecule has 0 fully saturated rings. The van der Waals surface area contributed by atoms with Crippen molar-refractivity contribution in [3.8, 4) is 0 Å². The van der Waals surface area contributed by atoms with Crippen molar-refractivity contribution in [3.05, 3.63) is 64.8 Å². The Morgan fingerprint density at radius 2 is 1.88 bits per heavy atom. The minimum absolute atomic E-state index is 0.0834. The van der Waals surface area contributed by atoms with Crippen molar-refractivity contribution < 1.29 is 13.2 Å². The van der Waals surface area contributed by atoms with E-state index in [0.717, 1.165) is 16.7 Å². The van der Waals surface area contributed by atoms with E-state index < -0.39 is 11.2 Å². The molecular formula is C17H18F3N3S. The first-order valence-electron chi connectivity index (χ1n) is 7.21. The molecule has 0 aliphatic rings. The summed E-state index contributed by atoms with van der Waals surface area (Å²) in [5.41, 5.74) is 2.82. The molecule has 0 unspecified atom stereocenters. The first kappa shape index (κ1) is 18.2. The summed E-state index contributed by atoms with van der Waals surface area (Å²) in [4.78, 5) is 0. The van der Waals surface area contributed by atoms with Crippen LogP contribution in [0.1, 0.15) is 30.0 Å². The average Bonchev–Trinajstić information content (AvgIpc) is 2.96.